The first kappa shape index (κ1) is 20.8. The van der Waals surface area contributed by atoms with Crippen molar-refractivity contribution in [1.29, 1.82) is 0 Å². The fourth-order valence-corrected chi connectivity index (χ4v) is 4.23. The Kier molecular flexibility index (Phi) is 5.73. The highest BCUT2D eigenvalue weighted by molar-refractivity contribution is 5.86. The summed E-state index contributed by atoms with van der Waals surface area (Å²) in [4.78, 5) is 14.2. The highest BCUT2D eigenvalue weighted by atomic mass is 16.5. The number of aromatic nitrogens is 4. The molecule has 2 saturated carbocycles. The lowest BCUT2D eigenvalue weighted by Gasteiger charge is -2.26. The van der Waals surface area contributed by atoms with Crippen LogP contribution in [0.5, 0.6) is 11.5 Å². The summed E-state index contributed by atoms with van der Waals surface area (Å²) in [6.07, 6.45) is 7.58. The predicted molar refractivity (Wildman–Crippen MR) is 123 cm³/mol. The van der Waals surface area contributed by atoms with Gasteiger partial charge in [-0.2, -0.15) is 9.97 Å². The minimum atomic E-state index is -0.198. The van der Waals surface area contributed by atoms with Crippen molar-refractivity contribution in [2.75, 3.05) is 24.9 Å². The van der Waals surface area contributed by atoms with Gasteiger partial charge in [0.05, 0.1) is 26.7 Å². The van der Waals surface area contributed by atoms with Crippen molar-refractivity contribution in [2.45, 2.75) is 57.2 Å². The monoisotopic (exact) mass is 438 g/mol. The van der Waals surface area contributed by atoms with Gasteiger partial charge in [-0.15, -0.1) is 0 Å². The third-order valence-corrected chi connectivity index (χ3v) is 6.26. The second kappa shape index (κ2) is 8.82. The minimum absolute atomic E-state index is 0.198. The van der Waals surface area contributed by atoms with Crippen LogP contribution in [0.2, 0.25) is 0 Å². The van der Waals surface area contributed by atoms with Gasteiger partial charge in [0.1, 0.15) is 11.5 Å². The average molecular weight is 439 g/mol. The molecule has 0 saturated heterocycles. The molecule has 9 heteroatoms. The molecule has 0 radical (unpaired) electrons. The molecule has 2 aliphatic rings. The Morgan fingerprint density at radius 1 is 1.00 bits per heavy atom. The zero-order valence-corrected chi connectivity index (χ0v) is 18.5. The molecule has 2 aromatic heterocycles. The fraction of sp³-hybridized carbons (Fsp3) is 0.522. The Hall–Kier alpha value is -3.07. The van der Waals surface area contributed by atoms with E-state index in [1.807, 2.05) is 24.5 Å². The van der Waals surface area contributed by atoms with E-state index >= 15 is 0 Å². The topological polar surface area (TPSA) is 106 Å². The largest absolute Gasteiger partial charge is 0.497 e. The van der Waals surface area contributed by atoms with Gasteiger partial charge in [0.25, 0.3) is 0 Å². The zero-order chi connectivity index (χ0) is 22.1. The lowest BCUT2D eigenvalue weighted by Crippen LogP contribution is -2.29. The number of aliphatic hydroxyl groups excluding tert-OH is 1. The highest BCUT2D eigenvalue weighted by Gasteiger charge is 2.25. The number of hydrogen-bond donors (Lipinski definition) is 3. The van der Waals surface area contributed by atoms with Crippen molar-refractivity contribution in [2.24, 2.45) is 5.92 Å². The molecule has 0 unspecified atom stereocenters. The van der Waals surface area contributed by atoms with Gasteiger partial charge >= 0.3 is 0 Å². The Labute approximate surface area is 187 Å². The Bertz CT molecular complexity index is 1070. The van der Waals surface area contributed by atoms with Gasteiger partial charge in [-0.25, -0.2) is 4.98 Å². The van der Waals surface area contributed by atoms with Crippen LogP contribution in [0.3, 0.4) is 0 Å². The summed E-state index contributed by atoms with van der Waals surface area (Å²) >= 11 is 0. The third kappa shape index (κ3) is 4.57. The maximum atomic E-state index is 9.83. The van der Waals surface area contributed by atoms with E-state index in [-0.39, 0.29) is 12.1 Å². The summed E-state index contributed by atoms with van der Waals surface area (Å²) in [6, 6.07) is 5.87. The van der Waals surface area contributed by atoms with Crippen LogP contribution in [-0.2, 0) is 6.54 Å². The van der Waals surface area contributed by atoms with E-state index < -0.39 is 0 Å². The molecular formula is C23H30N6O3. The van der Waals surface area contributed by atoms with Crippen molar-refractivity contribution >= 4 is 28.6 Å². The summed E-state index contributed by atoms with van der Waals surface area (Å²) < 4.78 is 12.9. The van der Waals surface area contributed by atoms with Crippen molar-refractivity contribution in [3.05, 3.63) is 24.5 Å². The third-order valence-electron chi connectivity index (χ3n) is 6.26. The van der Waals surface area contributed by atoms with Crippen LogP contribution in [0, 0.1) is 5.92 Å². The molecule has 0 spiro atoms. The number of nitrogens with one attached hydrogen (secondary N) is 2. The number of rotatable bonds is 8. The van der Waals surface area contributed by atoms with Gasteiger partial charge in [0, 0.05) is 36.5 Å². The molecule has 0 amide bonds. The lowest BCUT2D eigenvalue weighted by atomic mass is 9.93. The van der Waals surface area contributed by atoms with Crippen LogP contribution >= 0.6 is 0 Å². The van der Waals surface area contributed by atoms with Crippen LogP contribution < -0.4 is 20.1 Å². The number of methoxy groups -OCH3 is 2. The number of fused-ring (bicyclic) bond motifs is 1. The molecule has 2 aliphatic carbocycles. The van der Waals surface area contributed by atoms with Crippen molar-refractivity contribution in [1.82, 2.24) is 19.5 Å². The summed E-state index contributed by atoms with van der Waals surface area (Å²) in [5, 5.41) is 16.7. The second-order valence-electron chi connectivity index (χ2n) is 8.78. The number of benzene rings is 1. The van der Waals surface area contributed by atoms with E-state index in [0.717, 1.165) is 49.1 Å². The van der Waals surface area contributed by atoms with E-state index in [9.17, 15) is 5.11 Å². The first-order valence-electron chi connectivity index (χ1n) is 11.3. The zero-order valence-electron chi connectivity index (χ0n) is 18.5. The van der Waals surface area contributed by atoms with Crippen LogP contribution in [0.4, 0.5) is 17.5 Å². The van der Waals surface area contributed by atoms with Crippen LogP contribution in [0.25, 0.3) is 11.2 Å². The van der Waals surface area contributed by atoms with Gasteiger partial charge in [-0.1, -0.05) is 0 Å². The van der Waals surface area contributed by atoms with Gasteiger partial charge in [0.2, 0.25) is 5.95 Å². The smallest absolute Gasteiger partial charge is 0.227 e. The number of nitrogens with zero attached hydrogens (tertiary/aromatic N) is 4. The Morgan fingerprint density at radius 3 is 2.38 bits per heavy atom. The molecule has 3 aromatic rings. The molecule has 1 aromatic carbocycles. The first-order chi connectivity index (χ1) is 15.6. The average Bonchev–Trinajstić information content (AvgIpc) is 3.53. The Balaban J connectivity index is 1.49. The number of ether oxygens (including phenoxy) is 2. The molecule has 2 heterocycles. The molecule has 3 N–H and O–H groups in total. The van der Waals surface area contributed by atoms with Crippen LogP contribution in [0.1, 0.15) is 38.5 Å². The van der Waals surface area contributed by atoms with E-state index in [2.05, 4.69) is 20.2 Å². The van der Waals surface area contributed by atoms with Gasteiger partial charge in [-0.3, -0.25) is 0 Å². The standard InChI is InChI=1S/C23H30N6O3/c1-31-18-9-16(10-19(11-18)32-2)25-21-20-22(29(13-24-20)12-14-3-4-14)28-23(27-21)26-15-5-7-17(30)8-6-15/h9-11,13-15,17,30H,3-8,12H2,1-2H3,(H2,25,26,27,28). The molecule has 0 bridgehead atoms. The molecular weight excluding hydrogens is 408 g/mol. The molecule has 5 rings (SSSR count). The van der Waals surface area contributed by atoms with E-state index in [1.165, 1.54) is 12.8 Å². The van der Waals surface area contributed by atoms with Gasteiger partial charge < -0.3 is 29.8 Å². The normalized spacial score (nSPS) is 20.8. The maximum absolute atomic E-state index is 9.83. The van der Waals surface area contributed by atoms with Crippen molar-refractivity contribution < 1.29 is 14.6 Å². The van der Waals surface area contributed by atoms with Crippen molar-refractivity contribution in [3.63, 3.8) is 0 Å². The SMILES string of the molecule is COc1cc(Nc2nc(NC3CCC(O)CC3)nc3c2ncn3CC2CC2)cc(OC)c1. The molecule has 2 fully saturated rings. The summed E-state index contributed by atoms with van der Waals surface area (Å²) in [6.45, 7) is 0.926. The minimum Gasteiger partial charge on any atom is -0.497 e. The molecule has 170 valence electrons. The number of anilines is 3. The van der Waals surface area contributed by atoms with Crippen LogP contribution in [0.15, 0.2) is 24.5 Å². The summed E-state index contributed by atoms with van der Waals surface area (Å²) in [7, 11) is 3.26. The summed E-state index contributed by atoms with van der Waals surface area (Å²) in [5.41, 5.74) is 2.35. The van der Waals surface area contributed by atoms with Gasteiger partial charge in [-0.05, 0) is 44.4 Å². The number of aliphatic hydroxyl groups is 1. The Morgan fingerprint density at radius 2 is 1.72 bits per heavy atom. The molecule has 0 aliphatic heterocycles. The second-order valence-corrected chi connectivity index (χ2v) is 8.78. The first-order valence-corrected chi connectivity index (χ1v) is 11.3. The quantitative estimate of drug-likeness (QED) is 0.489. The van der Waals surface area contributed by atoms with E-state index in [0.29, 0.717) is 29.2 Å². The van der Waals surface area contributed by atoms with Crippen molar-refractivity contribution in [3.8, 4) is 11.5 Å². The van der Waals surface area contributed by atoms with Crippen LogP contribution in [-0.4, -0.2) is 51.0 Å². The fourth-order valence-electron chi connectivity index (χ4n) is 4.23. The van der Waals surface area contributed by atoms with E-state index in [1.54, 1.807) is 14.2 Å². The van der Waals surface area contributed by atoms with Gasteiger partial charge in [0.15, 0.2) is 17.0 Å². The molecule has 0 atom stereocenters. The van der Waals surface area contributed by atoms with E-state index in [4.69, 9.17) is 19.4 Å². The highest BCUT2D eigenvalue weighted by Crippen LogP contribution is 2.34. The predicted octanol–water partition coefficient (Wildman–Crippen LogP) is 3.71. The summed E-state index contributed by atoms with van der Waals surface area (Å²) in [5.74, 6) is 3.30. The number of hydrogen-bond acceptors (Lipinski definition) is 8. The lowest BCUT2D eigenvalue weighted by molar-refractivity contribution is 0.126. The molecule has 9 nitrogen and oxygen atoms in total. The number of imidazole rings is 1. The molecule has 32 heavy (non-hydrogen) atoms. The maximum Gasteiger partial charge on any atom is 0.227 e.